The maximum atomic E-state index is 6.27. The van der Waals surface area contributed by atoms with Crippen molar-refractivity contribution in [1.82, 2.24) is 19.9 Å². The van der Waals surface area contributed by atoms with Crippen molar-refractivity contribution in [3.63, 3.8) is 0 Å². The molecule has 30 heavy (non-hydrogen) atoms. The molecule has 7 nitrogen and oxygen atoms in total. The number of thiophene rings is 1. The third kappa shape index (κ3) is 3.40. The highest BCUT2D eigenvalue weighted by Crippen LogP contribution is 2.42. The molecular formula is C22H25N5O2S. The summed E-state index contributed by atoms with van der Waals surface area (Å²) in [4.78, 5) is 5.33. The number of rotatable bonds is 6. The average Bonchev–Trinajstić information content (AvgIpc) is 3.46. The lowest BCUT2D eigenvalue weighted by Gasteiger charge is -2.10. The number of nitrogens with two attached hydrogens (primary N) is 1. The quantitative estimate of drug-likeness (QED) is 0.491. The Bertz CT molecular complexity index is 1210. The van der Waals surface area contributed by atoms with Crippen LogP contribution >= 0.6 is 11.3 Å². The molecule has 1 atom stereocenters. The van der Waals surface area contributed by atoms with Crippen LogP contribution < -0.4 is 15.8 Å². The van der Waals surface area contributed by atoms with Gasteiger partial charge in [-0.25, -0.2) is 9.50 Å². The SMILES string of the molecule is COc1cc(C)cc2cc(-c3cc(COC[C@H]4CCCN4)n4ncnc(N)c34)sc12. The molecule has 5 rings (SSSR count). The van der Waals surface area contributed by atoms with E-state index < -0.39 is 0 Å². The lowest BCUT2D eigenvalue weighted by molar-refractivity contribution is 0.0999. The minimum absolute atomic E-state index is 0.439. The van der Waals surface area contributed by atoms with Gasteiger partial charge < -0.3 is 20.5 Å². The third-order valence-electron chi connectivity index (χ3n) is 5.60. The summed E-state index contributed by atoms with van der Waals surface area (Å²) in [5.41, 5.74) is 10.2. The molecule has 1 saturated heterocycles. The van der Waals surface area contributed by atoms with Crippen molar-refractivity contribution < 1.29 is 9.47 Å². The fourth-order valence-electron chi connectivity index (χ4n) is 4.18. The summed E-state index contributed by atoms with van der Waals surface area (Å²) >= 11 is 1.69. The summed E-state index contributed by atoms with van der Waals surface area (Å²) in [5.74, 6) is 1.35. The van der Waals surface area contributed by atoms with Crippen LogP contribution in [0.3, 0.4) is 0 Å². The second-order valence-electron chi connectivity index (χ2n) is 7.76. The number of methoxy groups -OCH3 is 1. The average molecular weight is 424 g/mol. The zero-order chi connectivity index (χ0) is 20.7. The Kier molecular flexibility index (Phi) is 5.06. The van der Waals surface area contributed by atoms with Gasteiger partial charge in [0, 0.05) is 16.5 Å². The minimum Gasteiger partial charge on any atom is -0.495 e. The highest BCUT2D eigenvalue weighted by atomic mass is 32.1. The number of nitrogens with zero attached hydrogens (tertiary/aromatic N) is 3. The molecule has 1 aliphatic heterocycles. The number of fused-ring (bicyclic) bond motifs is 2. The Labute approximate surface area is 178 Å². The summed E-state index contributed by atoms with van der Waals surface area (Å²) in [7, 11) is 1.71. The van der Waals surface area contributed by atoms with Gasteiger partial charge in [-0.3, -0.25) is 0 Å². The molecule has 0 aliphatic carbocycles. The number of hydrogen-bond donors (Lipinski definition) is 2. The van der Waals surface area contributed by atoms with E-state index in [4.69, 9.17) is 15.2 Å². The van der Waals surface area contributed by atoms with Crippen molar-refractivity contribution in [3.8, 4) is 16.2 Å². The molecule has 0 radical (unpaired) electrons. The van der Waals surface area contributed by atoms with Crippen LogP contribution in [0, 0.1) is 6.92 Å². The molecule has 156 valence electrons. The molecule has 4 heterocycles. The number of aromatic nitrogens is 3. The number of aryl methyl sites for hydroxylation is 1. The van der Waals surface area contributed by atoms with Crippen molar-refractivity contribution in [1.29, 1.82) is 0 Å². The van der Waals surface area contributed by atoms with E-state index in [0.29, 0.717) is 25.1 Å². The summed E-state index contributed by atoms with van der Waals surface area (Å²) < 4.78 is 14.6. The first-order valence-corrected chi connectivity index (χ1v) is 11.0. The molecule has 1 aliphatic rings. The first kappa shape index (κ1) is 19.3. The largest absolute Gasteiger partial charge is 0.495 e. The van der Waals surface area contributed by atoms with Crippen LogP contribution in [0.25, 0.3) is 26.0 Å². The normalized spacial score (nSPS) is 16.7. The van der Waals surface area contributed by atoms with Gasteiger partial charge in [0.1, 0.15) is 17.6 Å². The fourth-order valence-corrected chi connectivity index (χ4v) is 5.33. The van der Waals surface area contributed by atoms with Gasteiger partial charge in [0.25, 0.3) is 0 Å². The van der Waals surface area contributed by atoms with Gasteiger partial charge in [-0.1, -0.05) is 6.07 Å². The van der Waals surface area contributed by atoms with Gasteiger partial charge in [0.05, 0.1) is 30.7 Å². The minimum atomic E-state index is 0.439. The van der Waals surface area contributed by atoms with Crippen LogP contribution in [0.2, 0.25) is 0 Å². The van der Waals surface area contributed by atoms with Crippen molar-refractivity contribution in [2.45, 2.75) is 32.4 Å². The lowest BCUT2D eigenvalue weighted by atomic mass is 10.1. The van der Waals surface area contributed by atoms with E-state index in [9.17, 15) is 0 Å². The second kappa shape index (κ2) is 7.86. The molecule has 0 saturated carbocycles. The fraction of sp³-hybridized carbons (Fsp3) is 0.364. The predicted octanol–water partition coefficient (Wildman–Crippen LogP) is 3.78. The summed E-state index contributed by atoms with van der Waals surface area (Å²) in [5, 5.41) is 9.07. The standard InChI is InChI=1S/C22H25N5O2S/c1-13-6-14-8-19(30-21(14)18(7-13)28-2)17-9-16(11-29-10-15-4-3-5-24-15)27-20(17)22(23)25-12-26-27/h6-9,12,15,24H,3-5,10-11H2,1-2H3,(H2,23,25,26)/t15-/m1/s1. The summed E-state index contributed by atoms with van der Waals surface area (Å²) in [6.45, 7) is 4.32. The number of benzene rings is 1. The molecule has 4 aromatic rings. The zero-order valence-electron chi connectivity index (χ0n) is 17.1. The molecule has 0 spiro atoms. The number of anilines is 1. The van der Waals surface area contributed by atoms with Crippen LogP contribution in [-0.2, 0) is 11.3 Å². The Hall–Kier alpha value is -2.68. The van der Waals surface area contributed by atoms with E-state index in [1.54, 1.807) is 18.4 Å². The van der Waals surface area contributed by atoms with E-state index in [2.05, 4.69) is 46.6 Å². The van der Waals surface area contributed by atoms with Gasteiger partial charge in [0.2, 0.25) is 0 Å². The molecule has 0 bridgehead atoms. The summed E-state index contributed by atoms with van der Waals surface area (Å²) in [6, 6.07) is 8.98. The van der Waals surface area contributed by atoms with Crippen molar-refractivity contribution in [2.75, 3.05) is 26.0 Å². The Morgan fingerprint density at radius 1 is 1.30 bits per heavy atom. The van der Waals surface area contributed by atoms with E-state index in [0.717, 1.165) is 50.5 Å². The molecule has 8 heteroatoms. The number of nitrogens with one attached hydrogen (secondary N) is 1. The van der Waals surface area contributed by atoms with Gasteiger partial charge in [-0.05, 0) is 55.5 Å². The molecule has 3 N–H and O–H groups in total. The second-order valence-corrected chi connectivity index (χ2v) is 8.81. The maximum Gasteiger partial charge on any atom is 0.152 e. The van der Waals surface area contributed by atoms with Crippen LogP contribution in [-0.4, -0.2) is 40.9 Å². The summed E-state index contributed by atoms with van der Waals surface area (Å²) in [6.07, 6.45) is 3.87. The number of ether oxygens (including phenoxy) is 2. The van der Waals surface area contributed by atoms with Crippen molar-refractivity contribution >= 4 is 32.8 Å². The molecule has 1 fully saturated rings. The number of hydrogen-bond acceptors (Lipinski definition) is 7. The highest BCUT2D eigenvalue weighted by Gasteiger charge is 2.19. The Morgan fingerprint density at radius 3 is 3.00 bits per heavy atom. The topological polar surface area (TPSA) is 86.7 Å². The van der Waals surface area contributed by atoms with Crippen LogP contribution in [0.4, 0.5) is 5.82 Å². The first-order chi connectivity index (χ1) is 14.6. The van der Waals surface area contributed by atoms with Gasteiger partial charge >= 0.3 is 0 Å². The number of nitrogen functional groups attached to an aromatic ring is 1. The highest BCUT2D eigenvalue weighted by molar-refractivity contribution is 7.22. The predicted molar refractivity (Wildman–Crippen MR) is 120 cm³/mol. The van der Waals surface area contributed by atoms with Crippen LogP contribution in [0.15, 0.2) is 30.6 Å². The van der Waals surface area contributed by atoms with E-state index in [1.165, 1.54) is 18.3 Å². The smallest absolute Gasteiger partial charge is 0.152 e. The Balaban J connectivity index is 1.55. The van der Waals surface area contributed by atoms with E-state index >= 15 is 0 Å². The Morgan fingerprint density at radius 2 is 2.20 bits per heavy atom. The van der Waals surface area contributed by atoms with E-state index in [1.807, 2.05) is 4.52 Å². The lowest BCUT2D eigenvalue weighted by Crippen LogP contribution is -2.26. The van der Waals surface area contributed by atoms with E-state index in [-0.39, 0.29) is 0 Å². The maximum absolute atomic E-state index is 6.27. The van der Waals surface area contributed by atoms with Crippen LogP contribution in [0.5, 0.6) is 5.75 Å². The third-order valence-corrected chi connectivity index (χ3v) is 6.80. The van der Waals surface area contributed by atoms with Crippen LogP contribution in [0.1, 0.15) is 24.1 Å². The molecule has 0 unspecified atom stereocenters. The molecule has 0 amide bonds. The first-order valence-electron chi connectivity index (χ1n) is 10.1. The molecule has 3 aromatic heterocycles. The van der Waals surface area contributed by atoms with Gasteiger partial charge in [-0.15, -0.1) is 11.3 Å². The van der Waals surface area contributed by atoms with Gasteiger partial charge in [-0.2, -0.15) is 5.10 Å². The van der Waals surface area contributed by atoms with Gasteiger partial charge in [0.15, 0.2) is 5.82 Å². The zero-order valence-corrected chi connectivity index (χ0v) is 18.0. The van der Waals surface area contributed by atoms with Crippen molar-refractivity contribution in [3.05, 3.63) is 41.9 Å². The van der Waals surface area contributed by atoms with Crippen molar-refractivity contribution in [2.24, 2.45) is 0 Å². The monoisotopic (exact) mass is 423 g/mol. The molecular weight excluding hydrogens is 398 g/mol. The molecule has 1 aromatic carbocycles.